The standard InChI is InChI=1S/C12H20N4O/c1-9(2)7-16-6-5-14-10(11(16)17)15-12(8-13)3-4-12/h5-6,9H,3-4,7-8,13H2,1-2H3,(H,14,15). The number of rotatable bonds is 5. The SMILES string of the molecule is CC(C)Cn1ccnc(NC2(CN)CC2)c1=O. The van der Waals surface area contributed by atoms with Crippen LogP contribution in [-0.4, -0.2) is 21.6 Å². The van der Waals surface area contributed by atoms with Crippen LogP contribution in [0, 0.1) is 5.92 Å². The fraction of sp³-hybridized carbons (Fsp3) is 0.667. The summed E-state index contributed by atoms with van der Waals surface area (Å²) in [5, 5.41) is 3.19. The average molecular weight is 236 g/mol. The third-order valence-electron chi connectivity index (χ3n) is 3.10. The molecule has 1 aliphatic carbocycles. The highest BCUT2D eigenvalue weighted by Gasteiger charge is 2.42. The van der Waals surface area contributed by atoms with E-state index in [4.69, 9.17) is 5.73 Å². The lowest BCUT2D eigenvalue weighted by atomic mass is 10.2. The van der Waals surface area contributed by atoms with Crippen molar-refractivity contribution in [3.05, 3.63) is 22.7 Å². The largest absolute Gasteiger partial charge is 0.359 e. The van der Waals surface area contributed by atoms with Crippen LogP contribution in [0.25, 0.3) is 0 Å². The van der Waals surface area contributed by atoms with Crippen molar-refractivity contribution < 1.29 is 0 Å². The topological polar surface area (TPSA) is 72.9 Å². The quantitative estimate of drug-likeness (QED) is 0.793. The highest BCUT2D eigenvalue weighted by Crippen LogP contribution is 2.36. The summed E-state index contributed by atoms with van der Waals surface area (Å²) in [7, 11) is 0. The van der Waals surface area contributed by atoms with Gasteiger partial charge in [-0.3, -0.25) is 4.79 Å². The fourth-order valence-corrected chi connectivity index (χ4v) is 1.85. The van der Waals surface area contributed by atoms with Gasteiger partial charge in [-0.15, -0.1) is 0 Å². The molecule has 2 rings (SSSR count). The minimum Gasteiger partial charge on any atom is -0.359 e. The fourth-order valence-electron chi connectivity index (χ4n) is 1.85. The molecule has 1 aliphatic rings. The van der Waals surface area contributed by atoms with E-state index in [1.54, 1.807) is 17.0 Å². The second-order valence-corrected chi connectivity index (χ2v) is 5.24. The first kappa shape index (κ1) is 12.1. The van der Waals surface area contributed by atoms with E-state index in [0.717, 1.165) is 12.8 Å². The highest BCUT2D eigenvalue weighted by molar-refractivity contribution is 5.38. The van der Waals surface area contributed by atoms with Gasteiger partial charge in [0.05, 0.1) is 5.54 Å². The summed E-state index contributed by atoms with van der Waals surface area (Å²) in [5.74, 6) is 0.864. The van der Waals surface area contributed by atoms with Crippen LogP contribution in [0.3, 0.4) is 0 Å². The van der Waals surface area contributed by atoms with E-state index in [-0.39, 0.29) is 11.1 Å². The van der Waals surface area contributed by atoms with E-state index in [2.05, 4.69) is 24.1 Å². The summed E-state index contributed by atoms with van der Waals surface area (Å²) < 4.78 is 1.70. The Bertz CT molecular complexity index is 448. The van der Waals surface area contributed by atoms with Crippen LogP contribution in [0.4, 0.5) is 5.82 Å². The van der Waals surface area contributed by atoms with E-state index >= 15 is 0 Å². The molecular formula is C12H20N4O. The molecule has 17 heavy (non-hydrogen) atoms. The van der Waals surface area contributed by atoms with Crippen molar-refractivity contribution in [2.75, 3.05) is 11.9 Å². The van der Waals surface area contributed by atoms with Crippen LogP contribution in [0.2, 0.25) is 0 Å². The average Bonchev–Trinajstić information content (AvgIpc) is 3.04. The molecule has 0 amide bonds. The van der Waals surface area contributed by atoms with Crippen molar-refractivity contribution in [3.8, 4) is 0 Å². The summed E-state index contributed by atoms with van der Waals surface area (Å²) in [4.78, 5) is 16.2. The van der Waals surface area contributed by atoms with Gasteiger partial charge >= 0.3 is 0 Å². The zero-order valence-corrected chi connectivity index (χ0v) is 10.4. The molecule has 0 bridgehead atoms. The van der Waals surface area contributed by atoms with Crippen molar-refractivity contribution in [1.29, 1.82) is 0 Å². The molecule has 0 radical (unpaired) electrons. The first-order chi connectivity index (χ1) is 8.06. The van der Waals surface area contributed by atoms with Gasteiger partial charge in [0, 0.05) is 25.5 Å². The van der Waals surface area contributed by atoms with Gasteiger partial charge in [-0.2, -0.15) is 0 Å². The number of hydrogen-bond donors (Lipinski definition) is 2. The summed E-state index contributed by atoms with van der Waals surface area (Å²) in [5.41, 5.74) is 5.55. The number of nitrogens with two attached hydrogens (primary N) is 1. The van der Waals surface area contributed by atoms with Crippen molar-refractivity contribution in [1.82, 2.24) is 9.55 Å². The third kappa shape index (κ3) is 2.66. The van der Waals surface area contributed by atoms with Crippen molar-refractivity contribution in [2.45, 2.75) is 38.8 Å². The molecule has 0 aliphatic heterocycles. The maximum atomic E-state index is 12.1. The van der Waals surface area contributed by atoms with Gasteiger partial charge in [0.25, 0.3) is 5.56 Å². The Morgan fingerprint density at radius 3 is 2.82 bits per heavy atom. The smallest absolute Gasteiger partial charge is 0.293 e. The zero-order valence-electron chi connectivity index (χ0n) is 10.4. The number of nitrogens with one attached hydrogen (secondary N) is 1. The molecule has 0 unspecified atom stereocenters. The summed E-state index contributed by atoms with van der Waals surface area (Å²) in [6.07, 6.45) is 5.43. The van der Waals surface area contributed by atoms with Gasteiger partial charge in [-0.05, 0) is 18.8 Å². The second kappa shape index (κ2) is 4.49. The van der Waals surface area contributed by atoms with Crippen LogP contribution >= 0.6 is 0 Å². The van der Waals surface area contributed by atoms with E-state index in [0.29, 0.717) is 24.8 Å². The Morgan fingerprint density at radius 1 is 1.59 bits per heavy atom. The molecule has 3 N–H and O–H groups in total. The van der Waals surface area contributed by atoms with Crippen LogP contribution in [0.1, 0.15) is 26.7 Å². The molecule has 1 heterocycles. The monoisotopic (exact) mass is 236 g/mol. The highest BCUT2D eigenvalue weighted by atomic mass is 16.1. The number of aromatic nitrogens is 2. The molecule has 94 valence electrons. The maximum absolute atomic E-state index is 12.1. The van der Waals surface area contributed by atoms with E-state index in [1.165, 1.54) is 0 Å². The van der Waals surface area contributed by atoms with Gasteiger partial charge in [0.2, 0.25) is 0 Å². The summed E-state index contributed by atoms with van der Waals surface area (Å²) in [6, 6.07) is 0. The van der Waals surface area contributed by atoms with Gasteiger partial charge in [0.1, 0.15) is 0 Å². The lowest BCUT2D eigenvalue weighted by Crippen LogP contribution is -2.35. The molecule has 0 aromatic carbocycles. The van der Waals surface area contributed by atoms with Crippen LogP contribution < -0.4 is 16.6 Å². The minimum absolute atomic E-state index is 0.0547. The Balaban J connectivity index is 2.20. The predicted octanol–water partition coefficient (Wildman–Crippen LogP) is 0.802. The minimum atomic E-state index is -0.0802. The van der Waals surface area contributed by atoms with E-state index in [9.17, 15) is 4.79 Å². The van der Waals surface area contributed by atoms with Gasteiger partial charge in [-0.25, -0.2) is 4.98 Å². The lowest BCUT2D eigenvalue weighted by Gasteiger charge is -2.16. The number of anilines is 1. The molecule has 5 nitrogen and oxygen atoms in total. The number of nitrogens with zero attached hydrogens (tertiary/aromatic N) is 2. The van der Waals surface area contributed by atoms with Gasteiger partial charge < -0.3 is 15.6 Å². The maximum Gasteiger partial charge on any atom is 0.293 e. The number of hydrogen-bond acceptors (Lipinski definition) is 4. The summed E-state index contributed by atoms with van der Waals surface area (Å²) in [6.45, 7) is 5.43. The molecule has 0 saturated heterocycles. The molecule has 1 aromatic heterocycles. The third-order valence-corrected chi connectivity index (χ3v) is 3.10. The molecular weight excluding hydrogens is 216 g/mol. The Labute approximate surface area is 101 Å². The van der Waals surface area contributed by atoms with E-state index in [1.807, 2.05) is 0 Å². The first-order valence-corrected chi connectivity index (χ1v) is 6.10. The molecule has 1 aromatic rings. The molecule has 5 heteroatoms. The van der Waals surface area contributed by atoms with Crippen LogP contribution in [0.5, 0.6) is 0 Å². The van der Waals surface area contributed by atoms with Crippen molar-refractivity contribution in [2.24, 2.45) is 11.7 Å². The van der Waals surface area contributed by atoms with Gasteiger partial charge in [-0.1, -0.05) is 13.8 Å². The lowest BCUT2D eigenvalue weighted by molar-refractivity contribution is 0.509. The normalized spacial score (nSPS) is 17.2. The molecule has 1 fully saturated rings. The molecule has 1 saturated carbocycles. The zero-order chi connectivity index (χ0) is 12.5. The van der Waals surface area contributed by atoms with Crippen molar-refractivity contribution in [3.63, 3.8) is 0 Å². The second-order valence-electron chi connectivity index (χ2n) is 5.24. The Kier molecular flexibility index (Phi) is 3.19. The Morgan fingerprint density at radius 2 is 2.29 bits per heavy atom. The van der Waals surface area contributed by atoms with Crippen molar-refractivity contribution >= 4 is 5.82 Å². The van der Waals surface area contributed by atoms with Crippen LogP contribution in [-0.2, 0) is 6.54 Å². The molecule has 0 spiro atoms. The van der Waals surface area contributed by atoms with Gasteiger partial charge in [0.15, 0.2) is 5.82 Å². The molecule has 0 atom stereocenters. The van der Waals surface area contributed by atoms with E-state index < -0.39 is 0 Å². The summed E-state index contributed by atoms with van der Waals surface area (Å²) >= 11 is 0. The first-order valence-electron chi connectivity index (χ1n) is 6.10. The predicted molar refractivity (Wildman–Crippen MR) is 68.0 cm³/mol. The Hall–Kier alpha value is -1.36. The van der Waals surface area contributed by atoms with Crippen LogP contribution in [0.15, 0.2) is 17.2 Å².